The zero-order valence-corrected chi connectivity index (χ0v) is 21.6. The molecule has 1 atom stereocenters. The molecule has 206 valence electrons. The molecule has 2 heterocycles. The van der Waals surface area contributed by atoms with E-state index in [1.54, 1.807) is 26.2 Å². The van der Waals surface area contributed by atoms with E-state index in [1.165, 1.54) is 40.2 Å². The van der Waals surface area contributed by atoms with Gasteiger partial charge in [0.1, 0.15) is 23.4 Å². The van der Waals surface area contributed by atoms with Crippen LogP contribution in [0.25, 0.3) is 11.0 Å². The predicted molar refractivity (Wildman–Crippen MR) is 141 cm³/mol. The Morgan fingerprint density at radius 1 is 1.28 bits per heavy atom. The van der Waals surface area contributed by atoms with Crippen molar-refractivity contribution >= 4 is 34.6 Å². The van der Waals surface area contributed by atoms with Crippen LogP contribution in [0.2, 0.25) is 0 Å². The molecule has 3 N–H and O–H groups in total. The lowest BCUT2D eigenvalue weighted by molar-refractivity contribution is -0.123. The molecular formula is C26H30FN7O5. The molecule has 0 aliphatic heterocycles. The molecule has 1 fully saturated rings. The number of benzene rings is 1. The first-order valence-electron chi connectivity index (χ1n) is 12.5. The van der Waals surface area contributed by atoms with E-state index in [0.29, 0.717) is 23.8 Å². The van der Waals surface area contributed by atoms with E-state index < -0.39 is 29.4 Å². The summed E-state index contributed by atoms with van der Waals surface area (Å²) in [5.74, 6) is -0.328. The molecule has 1 aromatic carbocycles. The van der Waals surface area contributed by atoms with Crippen molar-refractivity contribution in [1.82, 2.24) is 29.3 Å². The number of likely N-dealkylation sites (N-methyl/N-ethyl adjacent to an activating group) is 1. The number of hydrogen-bond acceptors (Lipinski definition) is 6. The largest absolute Gasteiger partial charge is 0.465 e. The maximum atomic E-state index is 13.8. The van der Waals surface area contributed by atoms with Crippen molar-refractivity contribution in [2.45, 2.75) is 44.8 Å². The standard InChI is InChI=1S/C26H30FN7O5/c1-32(2)23(35)6-4-3-5-18(31-26(38)39)24(36)30-20-12-28-15-33(25(20)37)14-22-29-19-11-17(27)9-10-21(19)34(22)13-16-7-8-16/h4,6,9-12,15-16,18,31H,3,5,7-8,13-14H2,1-2H3,(H,30,36)(H,38,39)/b6-4+/t18-/m0/s1. The number of imidazole rings is 1. The van der Waals surface area contributed by atoms with Gasteiger partial charge in [-0.2, -0.15) is 0 Å². The number of aromatic nitrogens is 4. The lowest BCUT2D eigenvalue weighted by Crippen LogP contribution is -2.44. The summed E-state index contributed by atoms with van der Waals surface area (Å²) in [4.78, 5) is 59.0. The number of carbonyl (C=O) groups is 3. The number of nitrogens with one attached hydrogen (secondary N) is 2. The number of hydrogen-bond donors (Lipinski definition) is 3. The molecule has 0 radical (unpaired) electrons. The number of carboxylic acid groups (broad SMARTS) is 1. The smallest absolute Gasteiger partial charge is 0.405 e. The monoisotopic (exact) mass is 539 g/mol. The van der Waals surface area contributed by atoms with Crippen molar-refractivity contribution in [2.75, 3.05) is 19.4 Å². The van der Waals surface area contributed by atoms with Crippen molar-refractivity contribution in [2.24, 2.45) is 5.92 Å². The highest BCUT2D eigenvalue weighted by atomic mass is 19.1. The molecule has 2 aromatic heterocycles. The topological polar surface area (TPSA) is 151 Å². The Hall–Kier alpha value is -4.55. The van der Waals surface area contributed by atoms with Gasteiger partial charge in [-0.15, -0.1) is 0 Å². The Morgan fingerprint density at radius 2 is 2.05 bits per heavy atom. The highest BCUT2D eigenvalue weighted by molar-refractivity contribution is 5.96. The number of halogens is 1. The van der Waals surface area contributed by atoms with Crippen molar-refractivity contribution in [3.8, 4) is 0 Å². The fraction of sp³-hybridized carbons (Fsp3) is 0.385. The number of allylic oxidation sites excluding steroid dienone is 1. The van der Waals surface area contributed by atoms with Crippen molar-refractivity contribution in [3.63, 3.8) is 0 Å². The van der Waals surface area contributed by atoms with Gasteiger partial charge >= 0.3 is 6.09 Å². The summed E-state index contributed by atoms with van der Waals surface area (Å²) in [6, 6.07) is 3.22. The second-order valence-corrected chi connectivity index (χ2v) is 9.66. The average Bonchev–Trinajstić information content (AvgIpc) is 3.64. The lowest BCUT2D eigenvalue weighted by Gasteiger charge is -2.16. The number of fused-ring (bicyclic) bond motifs is 1. The SMILES string of the molecule is CN(C)C(=O)/C=C/CC[C@H](NC(=O)O)C(=O)Nc1cncn(Cc2nc3cc(F)ccc3n2CC2CC2)c1=O. The zero-order chi connectivity index (χ0) is 28.1. The summed E-state index contributed by atoms with van der Waals surface area (Å²) in [7, 11) is 3.19. The third-order valence-electron chi connectivity index (χ3n) is 6.34. The van der Waals surface area contributed by atoms with E-state index in [1.807, 2.05) is 4.57 Å². The molecule has 39 heavy (non-hydrogen) atoms. The minimum absolute atomic E-state index is 0.0417. The van der Waals surface area contributed by atoms with E-state index in [2.05, 4.69) is 20.6 Å². The minimum Gasteiger partial charge on any atom is -0.465 e. The third-order valence-corrected chi connectivity index (χ3v) is 6.34. The van der Waals surface area contributed by atoms with Crippen LogP contribution in [0.15, 0.2) is 47.7 Å². The van der Waals surface area contributed by atoms with E-state index >= 15 is 0 Å². The summed E-state index contributed by atoms with van der Waals surface area (Å²) >= 11 is 0. The van der Waals surface area contributed by atoms with E-state index in [-0.39, 0.29) is 31.0 Å². The van der Waals surface area contributed by atoms with Crippen LogP contribution >= 0.6 is 0 Å². The van der Waals surface area contributed by atoms with Gasteiger partial charge in [0.25, 0.3) is 5.56 Å². The van der Waals surface area contributed by atoms with E-state index in [9.17, 15) is 23.6 Å². The maximum Gasteiger partial charge on any atom is 0.405 e. The molecule has 4 rings (SSSR count). The lowest BCUT2D eigenvalue weighted by atomic mass is 10.1. The molecule has 1 aliphatic carbocycles. The summed E-state index contributed by atoms with van der Waals surface area (Å²) in [5, 5.41) is 13.8. The van der Waals surface area contributed by atoms with Gasteiger partial charge < -0.3 is 25.2 Å². The third kappa shape index (κ3) is 7.06. The average molecular weight is 540 g/mol. The molecule has 3 amide bonds. The number of carbonyl (C=O) groups excluding carboxylic acids is 2. The zero-order valence-electron chi connectivity index (χ0n) is 21.6. The van der Waals surface area contributed by atoms with Gasteiger partial charge in [0.15, 0.2) is 0 Å². The van der Waals surface area contributed by atoms with Crippen molar-refractivity contribution < 1.29 is 23.9 Å². The van der Waals surface area contributed by atoms with Crippen LogP contribution in [0.4, 0.5) is 14.9 Å². The summed E-state index contributed by atoms with van der Waals surface area (Å²) in [6.07, 6.45) is 6.47. The molecule has 13 heteroatoms. The van der Waals surface area contributed by atoms with Crippen LogP contribution in [-0.2, 0) is 22.7 Å². The molecule has 1 saturated carbocycles. The summed E-state index contributed by atoms with van der Waals surface area (Å²) in [6.45, 7) is 0.743. The van der Waals surface area contributed by atoms with Crippen LogP contribution in [0.5, 0.6) is 0 Å². The Labute approximate surface area is 223 Å². The van der Waals surface area contributed by atoms with Gasteiger partial charge in [-0.25, -0.2) is 19.2 Å². The molecule has 1 aliphatic rings. The number of amides is 3. The first-order chi connectivity index (χ1) is 18.6. The van der Waals surface area contributed by atoms with Crippen molar-refractivity contribution in [1.29, 1.82) is 0 Å². The van der Waals surface area contributed by atoms with Crippen molar-refractivity contribution in [3.05, 3.63) is 64.9 Å². The molecule has 0 unspecified atom stereocenters. The Kier molecular flexibility index (Phi) is 8.37. The fourth-order valence-electron chi connectivity index (χ4n) is 4.07. The van der Waals surface area contributed by atoms with Gasteiger partial charge in [0, 0.05) is 26.7 Å². The summed E-state index contributed by atoms with van der Waals surface area (Å²) in [5.41, 5.74) is 0.571. The number of nitrogens with zero attached hydrogens (tertiary/aromatic N) is 5. The Balaban J connectivity index is 1.51. The molecule has 12 nitrogen and oxygen atoms in total. The summed E-state index contributed by atoms with van der Waals surface area (Å²) < 4.78 is 17.1. The van der Waals surface area contributed by atoms with Gasteiger partial charge in [-0.05, 0) is 49.8 Å². The predicted octanol–water partition coefficient (Wildman–Crippen LogP) is 2.19. The van der Waals surface area contributed by atoms with Crippen LogP contribution in [0, 0.1) is 11.7 Å². The minimum atomic E-state index is -1.40. The van der Waals surface area contributed by atoms with Crippen LogP contribution < -0.4 is 16.2 Å². The molecule has 0 spiro atoms. The molecule has 0 bridgehead atoms. The van der Waals surface area contributed by atoms with Crippen LogP contribution in [0.3, 0.4) is 0 Å². The highest BCUT2D eigenvalue weighted by Crippen LogP contribution is 2.32. The maximum absolute atomic E-state index is 13.8. The molecular weight excluding hydrogens is 509 g/mol. The van der Waals surface area contributed by atoms with Gasteiger partial charge in [0.2, 0.25) is 11.8 Å². The first-order valence-corrected chi connectivity index (χ1v) is 12.5. The van der Waals surface area contributed by atoms with Crippen LogP contribution in [0.1, 0.15) is 31.5 Å². The quantitative estimate of drug-likeness (QED) is 0.316. The van der Waals surface area contributed by atoms with Crippen LogP contribution in [-0.4, -0.2) is 67.2 Å². The van der Waals surface area contributed by atoms with E-state index in [4.69, 9.17) is 5.11 Å². The molecule has 3 aromatic rings. The molecule has 0 saturated heterocycles. The van der Waals surface area contributed by atoms with Gasteiger partial charge in [-0.1, -0.05) is 6.08 Å². The van der Waals surface area contributed by atoms with Gasteiger partial charge in [0.05, 0.1) is 30.1 Å². The Bertz CT molecular complexity index is 1480. The highest BCUT2D eigenvalue weighted by Gasteiger charge is 2.25. The normalized spacial score (nSPS) is 13.9. The number of rotatable bonds is 11. The second-order valence-electron chi connectivity index (χ2n) is 9.66. The fourth-order valence-corrected chi connectivity index (χ4v) is 4.07. The second kappa shape index (κ2) is 11.9. The Morgan fingerprint density at radius 3 is 2.74 bits per heavy atom. The van der Waals surface area contributed by atoms with Gasteiger partial charge in [-0.3, -0.25) is 19.0 Å². The number of anilines is 1. The van der Waals surface area contributed by atoms with E-state index in [0.717, 1.165) is 18.4 Å². The first kappa shape index (κ1) is 27.5.